The van der Waals surface area contributed by atoms with Crippen molar-refractivity contribution in [1.29, 1.82) is 0 Å². The second-order valence-electron chi connectivity index (χ2n) is 7.17. The Morgan fingerprint density at radius 3 is 2.40 bits per heavy atom. The molecule has 30 heavy (non-hydrogen) atoms. The van der Waals surface area contributed by atoms with Crippen molar-refractivity contribution < 1.29 is 9.53 Å². The maximum atomic E-state index is 12.6. The molecule has 1 aliphatic heterocycles. The van der Waals surface area contributed by atoms with Gasteiger partial charge in [0.05, 0.1) is 25.8 Å². The Kier molecular flexibility index (Phi) is 6.25. The highest BCUT2D eigenvalue weighted by Gasteiger charge is 2.23. The number of methoxy groups -OCH3 is 1. The molecule has 0 bridgehead atoms. The molecule has 2 heterocycles. The van der Waals surface area contributed by atoms with Gasteiger partial charge in [0.1, 0.15) is 5.75 Å². The van der Waals surface area contributed by atoms with Crippen LogP contribution in [0.4, 0.5) is 0 Å². The number of halogens is 1. The number of hydrogen-bond donors (Lipinski definition) is 0. The first-order valence-electron chi connectivity index (χ1n) is 9.78. The zero-order valence-electron chi connectivity index (χ0n) is 16.7. The molecule has 1 aliphatic rings. The van der Waals surface area contributed by atoms with Crippen LogP contribution in [0.25, 0.3) is 5.69 Å². The average Bonchev–Trinajstić information content (AvgIpc) is 3.23. The van der Waals surface area contributed by atoms with Gasteiger partial charge in [0, 0.05) is 31.2 Å². The Morgan fingerprint density at radius 1 is 1.03 bits per heavy atom. The maximum Gasteiger partial charge on any atom is 0.227 e. The number of nitrogens with zero attached hydrogens (tertiary/aromatic N) is 6. The van der Waals surface area contributed by atoms with Crippen LogP contribution >= 0.6 is 11.6 Å². The molecule has 156 valence electrons. The van der Waals surface area contributed by atoms with E-state index in [4.69, 9.17) is 16.3 Å². The van der Waals surface area contributed by atoms with Gasteiger partial charge in [-0.1, -0.05) is 23.7 Å². The van der Waals surface area contributed by atoms with Crippen molar-refractivity contribution in [3.8, 4) is 11.4 Å². The number of benzene rings is 2. The minimum absolute atomic E-state index is 0.144. The lowest BCUT2D eigenvalue weighted by atomic mass is 10.1. The monoisotopic (exact) mass is 426 g/mol. The first kappa shape index (κ1) is 20.3. The number of amides is 1. The molecule has 1 aromatic heterocycles. The van der Waals surface area contributed by atoms with E-state index in [1.807, 2.05) is 53.4 Å². The summed E-state index contributed by atoms with van der Waals surface area (Å²) >= 11 is 5.97. The van der Waals surface area contributed by atoms with E-state index in [-0.39, 0.29) is 5.91 Å². The van der Waals surface area contributed by atoms with E-state index in [1.165, 1.54) is 0 Å². The van der Waals surface area contributed by atoms with Gasteiger partial charge in [0.15, 0.2) is 5.82 Å². The lowest BCUT2D eigenvalue weighted by molar-refractivity contribution is -0.132. The van der Waals surface area contributed by atoms with Crippen LogP contribution in [0.3, 0.4) is 0 Å². The molecule has 0 radical (unpaired) electrons. The number of ether oxygens (including phenoxy) is 1. The van der Waals surface area contributed by atoms with Crippen molar-refractivity contribution in [3.63, 3.8) is 0 Å². The number of carbonyl (C=O) groups is 1. The number of carbonyl (C=O) groups excluding carboxylic acids is 1. The molecule has 9 heteroatoms. The summed E-state index contributed by atoms with van der Waals surface area (Å²) in [5.41, 5.74) is 1.86. The minimum Gasteiger partial charge on any atom is -0.497 e. The normalized spacial score (nSPS) is 14.7. The Hall–Kier alpha value is -2.97. The highest BCUT2D eigenvalue weighted by atomic mass is 35.5. The van der Waals surface area contributed by atoms with Crippen LogP contribution in [0.2, 0.25) is 5.02 Å². The summed E-state index contributed by atoms with van der Waals surface area (Å²) in [4.78, 5) is 16.8. The summed E-state index contributed by atoms with van der Waals surface area (Å²) in [5.74, 6) is 1.70. The molecule has 0 aliphatic carbocycles. The number of tetrazole rings is 1. The summed E-state index contributed by atoms with van der Waals surface area (Å²) in [6.45, 7) is 3.56. The summed E-state index contributed by atoms with van der Waals surface area (Å²) < 4.78 is 6.88. The molecule has 1 amide bonds. The van der Waals surface area contributed by atoms with E-state index in [0.717, 1.165) is 35.9 Å². The van der Waals surface area contributed by atoms with Gasteiger partial charge >= 0.3 is 0 Å². The van der Waals surface area contributed by atoms with Gasteiger partial charge < -0.3 is 9.64 Å². The highest BCUT2D eigenvalue weighted by Crippen LogP contribution is 2.16. The third-order valence-electron chi connectivity index (χ3n) is 5.21. The van der Waals surface area contributed by atoms with E-state index < -0.39 is 0 Å². The first-order valence-corrected chi connectivity index (χ1v) is 10.2. The fourth-order valence-corrected chi connectivity index (χ4v) is 3.60. The highest BCUT2D eigenvalue weighted by molar-refractivity contribution is 6.30. The number of piperazine rings is 1. The molecule has 0 saturated carbocycles. The topological polar surface area (TPSA) is 76.4 Å². The van der Waals surface area contributed by atoms with Crippen molar-refractivity contribution >= 4 is 17.5 Å². The summed E-state index contributed by atoms with van der Waals surface area (Å²) in [7, 11) is 1.63. The van der Waals surface area contributed by atoms with Crippen LogP contribution in [0.5, 0.6) is 5.75 Å². The predicted molar refractivity (Wildman–Crippen MR) is 113 cm³/mol. The Morgan fingerprint density at radius 2 is 1.73 bits per heavy atom. The van der Waals surface area contributed by atoms with Crippen LogP contribution in [-0.2, 0) is 17.8 Å². The van der Waals surface area contributed by atoms with E-state index in [9.17, 15) is 4.79 Å². The van der Waals surface area contributed by atoms with Crippen LogP contribution in [0.15, 0.2) is 48.5 Å². The Bertz CT molecular complexity index is 981. The predicted octanol–water partition coefficient (Wildman–Crippen LogP) is 2.21. The van der Waals surface area contributed by atoms with Gasteiger partial charge in [-0.25, -0.2) is 0 Å². The second-order valence-corrected chi connectivity index (χ2v) is 7.60. The van der Waals surface area contributed by atoms with Crippen molar-refractivity contribution in [1.82, 2.24) is 30.0 Å². The lowest BCUT2D eigenvalue weighted by Crippen LogP contribution is -2.48. The standard InChI is InChI=1S/C21H23ClN6O2/c1-30-19-8-2-16(3-9-19)14-21(29)27-12-10-26(11-13-27)15-20-23-24-25-28(20)18-6-4-17(22)5-7-18/h2-9H,10-15H2,1H3. The molecule has 8 nitrogen and oxygen atoms in total. The summed E-state index contributed by atoms with van der Waals surface area (Å²) in [5, 5.41) is 12.8. The third kappa shape index (κ3) is 4.77. The summed E-state index contributed by atoms with van der Waals surface area (Å²) in [6, 6.07) is 15.0. The molecule has 0 unspecified atom stereocenters. The maximum absolute atomic E-state index is 12.6. The van der Waals surface area contributed by atoms with Crippen LogP contribution < -0.4 is 4.74 Å². The molecule has 0 spiro atoms. The van der Waals surface area contributed by atoms with Gasteiger partial charge in [-0.05, 0) is 52.4 Å². The fraction of sp³-hybridized carbons (Fsp3) is 0.333. The molecule has 2 aromatic carbocycles. The van der Waals surface area contributed by atoms with E-state index >= 15 is 0 Å². The lowest BCUT2D eigenvalue weighted by Gasteiger charge is -2.34. The van der Waals surface area contributed by atoms with E-state index in [0.29, 0.717) is 31.1 Å². The molecule has 0 atom stereocenters. The first-order chi connectivity index (χ1) is 14.6. The smallest absolute Gasteiger partial charge is 0.227 e. The van der Waals surface area contributed by atoms with Crippen molar-refractivity contribution in [2.45, 2.75) is 13.0 Å². The number of hydrogen-bond acceptors (Lipinski definition) is 6. The zero-order chi connectivity index (χ0) is 20.9. The number of aromatic nitrogens is 4. The van der Waals surface area contributed by atoms with Crippen molar-refractivity contribution in [3.05, 3.63) is 64.9 Å². The van der Waals surface area contributed by atoms with Gasteiger partial charge in [-0.15, -0.1) is 5.10 Å². The Balaban J connectivity index is 1.31. The van der Waals surface area contributed by atoms with Gasteiger partial charge in [0.25, 0.3) is 0 Å². The van der Waals surface area contributed by atoms with E-state index in [2.05, 4.69) is 20.4 Å². The molecule has 3 aromatic rings. The average molecular weight is 427 g/mol. The SMILES string of the molecule is COc1ccc(CC(=O)N2CCN(Cc3nnnn3-c3ccc(Cl)cc3)CC2)cc1. The summed E-state index contributed by atoms with van der Waals surface area (Å²) in [6.07, 6.45) is 0.402. The zero-order valence-corrected chi connectivity index (χ0v) is 17.5. The largest absolute Gasteiger partial charge is 0.497 e. The third-order valence-corrected chi connectivity index (χ3v) is 5.46. The Labute approximate surface area is 180 Å². The molecule has 4 rings (SSSR count). The second kappa shape index (κ2) is 9.23. The van der Waals surface area contributed by atoms with Gasteiger partial charge in [0.2, 0.25) is 5.91 Å². The fourth-order valence-electron chi connectivity index (χ4n) is 3.47. The van der Waals surface area contributed by atoms with Crippen LogP contribution in [-0.4, -0.2) is 69.2 Å². The van der Waals surface area contributed by atoms with Gasteiger partial charge in [-0.3, -0.25) is 9.69 Å². The minimum atomic E-state index is 0.144. The van der Waals surface area contributed by atoms with Crippen molar-refractivity contribution in [2.24, 2.45) is 0 Å². The molecule has 1 saturated heterocycles. The molecular formula is C21H23ClN6O2. The molecular weight excluding hydrogens is 404 g/mol. The molecule has 0 N–H and O–H groups in total. The van der Waals surface area contributed by atoms with Crippen molar-refractivity contribution in [2.75, 3.05) is 33.3 Å². The molecule has 1 fully saturated rings. The number of rotatable bonds is 6. The quantitative estimate of drug-likeness (QED) is 0.601. The van der Waals surface area contributed by atoms with E-state index in [1.54, 1.807) is 11.8 Å². The van der Waals surface area contributed by atoms with Gasteiger partial charge in [-0.2, -0.15) is 4.68 Å². The van der Waals surface area contributed by atoms with Crippen LogP contribution in [0.1, 0.15) is 11.4 Å². The van der Waals surface area contributed by atoms with Crippen LogP contribution in [0, 0.1) is 0 Å².